The zero-order valence-electron chi connectivity index (χ0n) is 7.28. The second kappa shape index (κ2) is 3.34. The van der Waals surface area contributed by atoms with Crippen molar-refractivity contribution in [3.63, 3.8) is 0 Å². The predicted octanol–water partition coefficient (Wildman–Crippen LogP) is 1.76. The molecule has 0 spiro atoms. The van der Waals surface area contributed by atoms with Crippen molar-refractivity contribution >= 4 is 11.6 Å². The molecule has 2 aromatic rings. The summed E-state index contributed by atoms with van der Waals surface area (Å²) in [7, 11) is 0. The summed E-state index contributed by atoms with van der Waals surface area (Å²) in [5.41, 5.74) is 0.916. The SMILES string of the molecule is Cc1cnn(-c2nc(Cl)ncc2F)c1. The fourth-order valence-electron chi connectivity index (χ4n) is 1.03. The summed E-state index contributed by atoms with van der Waals surface area (Å²) in [6.07, 6.45) is 4.28. The Morgan fingerprint density at radius 1 is 1.43 bits per heavy atom. The lowest BCUT2D eigenvalue weighted by atomic mass is 10.4. The first-order chi connectivity index (χ1) is 6.66. The molecule has 0 aromatic carbocycles. The molecule has 0 fully saturated rings. The van der Waals surface area contributed by atoms with Crippen LogP contribution in [-0.4, -0.2) is 19.7 Å². The molecule has 6 heteroatoms. The molecule has 0 aliphatic rings. The highest BCUT2D eigenvalue weighted by Crippen LogP contribution is 2.11. The van der Waals surface area contributed by atoms with Gasteiger partial charge >= 0.3 is 0 Å². The van der Waals surface area contributed by atoms with Crippen molar-refractivity contribution in [1.82, 2.24) is 19.7 Å². The highest BCUT2D eigenvalue weighted by atomic mass is 35.5. The van der Waals surface area contributed by atoms with Gasteiger partial charge in [-0.3, -0.25) is 0 Å². The van der Waals surface area contributed by atoms with E-state index in [0.717, 1.165) is 11.8 Å². The maximum atomic E-state index is 13.2. The first kappa shape index (κ1) is 9.08. The minimum absolute atomic E-state index is 0.00504. The van der Waals surface area contributed by atoms with Crippen LogP contribution in [0.5, 0.6) is 0 Å². The third kappa shape index (κ3) is 1.58. The van der Waals surface area contributed by atoms with Gasteiger partial charge in [0, 0.05) is 6.20 Å². The molecule has 0 radical (unpaired) electrons. The van der Waals surface area contributed by atoms with Gasteiger partial charge in [-0.25, -0.2) is 14.1 Å². The Kier molecular flexibility index (Phi) is 2.17. The Bertz CT molecular complexity index is 468. The van der Waals surface area contributed by atoms with Crippen molar-refractivity contribution in [3.8, 4) is 5.82 Å². The van der Waals surface area contributed by atoms with Crippen LogP contribution in [0.15, 0.2) is 18.6 Å². The molecule has 0 bridgehead atoms. The third-order valence-corrected chi connectivity index (χ3v) is 1.81. The highest BCUT2D eigenvalue weighted by molar-refractivity contribution is 6.28. The molecule has 0 amide bonds. The van der Waals surface area contributed by atoms with Gasteiger partial charge in [0.05, 0.1) is 12.4 Å². The quantitative estimate of drug-likeness (QED) is 0.677. The predicted molar refractivity (Wildman–Crippen MR) is 48.9 cm³/mol. The second-order valence-corrected chi connectivity index (χ2v) is 3.11. The molecule has 0 saturated heterocycles. The largest absolute Gasteiger partial charge is 0.224 e. The van der Waals surface area contributed by atoms with Gasteiger partial charge < -0.3 is 0 Å². The minimum Gasteiger partial charge on any atom is -0.223 e. The maximum Gasteiger partial charge on any atom is 0.224 e. The van der Waals surface area contributed by atoms with Crippen molar-refractivity contribution in [2.45, 2.75) is 6.92 Å². The van der Waals surface area contributed by atoms with Gasteiger partial charge in [0.1, 0.15) is 0 Å². The molecule has 2 aromatic heterocycles. The van der Waals surface area contributed by atoms with Crippen LogP contribution in [-0.2, 0) is 0 Å². The van der Waals surface area contributed by atoms with E-state index in [9.17, 15) is 4.39 Å². The molecule has 0 aliphatic heterocycles. The molecular weight excluding hydrogens is 207 g/mol. The van der Waals surface area contributed by atoms with E-state index in [1.165, 1.54) is 4.68 Å². The van der Waals surface area contributed by atoms with E-state index in [2.05, 4.69) is 15.1 Å². The fourth-order valence-corrected chi connectivity index (χ4v) is 1.16. The van der Waals surface area contributed by atoms with E-state index in [-0.39, 0.29) is 11.1 Å². The van der Waals surface area contributed by atoms with Gasteiger partial charge in [0.25, 0.3) is 0 Å². The number of hydrogen-bond acceptors (Lipinski definition) is 3. The van der Waals surface area contributed by atoms with E-state index in [1.54, 1.807) is 12.4 Å². The lowest BCUT2D eigenvalue weighted by Gasteiger charge is -2.00. The van der Waals surface area contributed by atoms with Crippen LogP contribution in [0.3, 0.4) is 0 Å². The number of halogens is 2. The summed E-state index contributed by atoms with van der Waals surface area (Å²) >= 11 is 5.54. The molecular formula is C8H6ClFN4. The van der Waals surface area contributed by atoms with Crippen LogP contribution in [0, 0.1) is 12.7 Å². The van der Waals surface area contributed by atoms with E-state index in [1.807, 2.05) is 6.92 Å². The summed E-state index contributed by atoms with van der Waals surface area (Å²) in [6, 6.07) is 0. The van der Waals surface area contributed by atoms with Crippen LogP contribution in [0.25, 0.3) is 5.82 Å². The molecule has 14 heavy (non-hydrogen) atoms. The Morgan fingerprint density at radius 2 is 2.21 bits per heavy atom. The van der Waals surface area contributed by atoms with Crippen molar-refractivity contribution in [2.24, 2.45) is 0 Å². The average molecular weight is 213 g/mol. The topological polar surface area (TPSA) is 43.6 Å². The van der Waals surface area contributed by atoms with E-state index in [4.69, 9.17) is 11.6 Å². The second-order valence-electron chi connectivity index (χ2n) is 2.77. The van der Waals surface area contributed by atoms with Crippen molar-refractivity contribution in [1.29, 1.82) is 0 Å². The zero-order chi connectivity index (χ0) is 10.1. The van der Waals surface area contributed by atoms with Gasteiger partial charge in [-0.05, 0) is 24.1 Å². The average Bonchev–Trinajstić information content (AvgIpc) is 2.56. The summed E-state index contributed by atoms with van der Waals surface area (Å²) in [6.45, 7) is 1.85. The van der Waals surface area contributed by atoms with Crippen LogP contribution in [0.2, 0.25) is 5.28 Å². The number of nitrogens with zero attached hydrogens (tertiary/aromatic N) is 4. The number of aryl methyl sites for hydroxylation is 1. The Balaban J connectivity index is 2.55. The Labute approximate surface area is 84.4 Å². The van der Waals surface area contributed by atoms with Crippen molar-refractivity contribution in [2.75, 3.05) is 0 Å². The smallest absolute Gasteiger partial charge is 0.223 e. The maximum absolute atomic E-state index is 13.2. The molecule has 0 aliphatic carbocycles. The molecule has 0 unspecified atom stereocenters. The fraction of sp³-hybridized carbons (Fsp3) is 0.125. The monoisotopic (exact) mass is 212 g/mol. The van der Waals surface area contributed by atoms with Crippen molar-refractivity contribution in [3.05, 3.63) is 35.3 Å². The molecule has 2 heterocycles. The van der Waals surface area contributed by atoms with Crippen LogP contribution >= 0.6 is 11.6 Å². The van der Waals surface area contributed by atoms with Crippen LogP contribution in [0.4, 0.5) is 4.39 Å². The number of aromatic nitrogens is 4. The molecule has 0 N–H and O–H groups in total. The Morgan fingerprint density at radius 3 is 2.86 bits per heavy atom. The van der Waals surface area contributed by atoms with Crippen LogP contribution in [0.1, 0.15) is 5.56 Å². The van der Waals surface area contributed by atoms with E-state index < -0.39 is 5.82 Å². The zero-order valence-corrected chi connectivity index (χ0v) is 8.03. The normalized spacial score (nSPS) is 10.5. The summed E-state index contributed by atoms with van der Waals surface area (Å²) in [5.74, 6) is -0.504. The van der Waals surface area contributed by atoms with E-state index >= 15 is 0 Å². The van der Waals surface area contributed by atoms with Gasteiger partial charge in [-0.15, -0.1) is 0 Å². The molecule has 72 valence electrons. The molecule has 4 nitrogen and oxygen atoms in total. The van der Waals surface area contributed by atoms with Gasteiger partial charge in [0.2, 0.25) is 5.28 Å². The lowest BCUT2D eigenvalue weighted by Crippen LogP contribution is -2.02. The molecule has 2 rings (SSSR count). The molecule has 0 atom stereocenters. The minimum atomic E-state index is -0.558. The standard InChI is InChI=1S/C8H6ClFN4/c1-5-2-12-14(4-5)7-6(10)3-11-8(9)13-7/h2-4H,1H3. The first-order valence-electron chi connectivity index (χ1n) is 3.86. The number of hydrogen-bond donors (Lipinski definition) is 0. The van der Waals surface area contributed by atoms with Gasteiger partial charge in [0.15, 0.2) is 11.6 Å². The van der Waals surface area contributed by atoms with Gasteiger partial charge in [-0.2, -0.15) is 10.1 Å². The Hall–Kier alpha value is -1.49. The van der Waals surface area contributed by atoms with Crippen LogP contribution < -0.4 is 0 Å². The summed E-state index contributed by atoms with van der Waals surface area (Å²) < 4.78 is 14.5. The van der Waals surface area contributed by atoms with Crippen molar-refractivity contribution < 1.29 is 4.39 Å². The molecule has 0 saturated carbocycles. The van der Waals surface area contributed by atoms with E-state index in [0.29, 0.717) is 0 Å². The summed E-state index contributed by atoms with van der Waals surface area (Å²) in [4.78, 5) is 7.25. The third-order valence-electron chi connectivity index (χ3n) is 1.62. The lowest BCUT2D eigenvalue weighted by molar-refractivity contribution is 0.592. The first-order valence-corrected chi connectivity index (χ1v) is 4.24. The van der Waals surface area contributed by atoms with Gasteiger partial charge in [-0.1, -0.05) is 0 Å². The number of rotatable bonds is 1. The summed E-state index contributed by atoms with van der Waals surface area (Å²) in [5, 5.41) is 3.91. The highest BCUT2D eigenvalue weighted by Gasteiger charge is 2.08.